The molecule has 96 valence electrons. The molecule has 1 aliphatic rings. The number of rotatable bonds is 4. The fourth-order valence-corrected chi connectivity index (χ4v) is 1.74. The third-order valence-corrected chi connectivity index (χ3v) is 2.60. The first kappa shape index (κ1) is 13.4. The largest absolute Gasteiger partial charge is 0.481 e. The molecule has 0 amide bonds. The molecule has 1 rings (SSSR count). The van der Waals surface area contributed by atoms with Gasteiger partial charge in [-0.1, -0.05) is 18.2 Å². The van der Waals surface area contributed by atoms with E-state index in [9.17, 15) is 19.2 Å². The van der Waals surface area contributed by atoms with Crippen molar-refractivity contribution in [3.8, 4) is 0 Å². The van der Waals surface area contributed by atoms with Crippen LogP contribution < -0.4 is 0 Å². The monoisotopic (exact) mass is 256 g/mol. The smallest absolute Gasteiger partial charge is 0.332 e. The van der Waals surface area contributed by atoms with Gasteiger partial charge in [-0.3, -0.25) is 14.4 Å². The van der Waals surface area contributed by atoms with Crippen LogP contribution in [0.15, 0.2) is 23.8 Å². The van der Waals surface area contributed by atoms with Crippen molar-refractivity contribution in [3.05, 3.63) is 23.8 Å². The van der Waals surface area contributed by atoms with E-state index in [0.717, 1.165) is 12.2 Å². The SMILES string of the molecule is O=C(O)C1=CC=CC(C(=O)O)(C(=O)O)C1C(=O)O. The fourth-order valence-electron chi connectivity index (χ4n) is 1.74. The Balaban J connectivity index is 3.54. The van der Waals surface area contributed by atoms with E-state index >= 15 is 0 Å². The van der Waals surface area contributed by atoms with Crippen molar-refractivity contribution in [1.82, 2.24) is 0 Å². The molecule has 1 atom stereocenters. The molecule has 0 fully saturated rings. The van der Waals surface area contributed by atoms with E-state index < -0.39 is 40.8 Å². The van der Waals surface area contributed by atoms with Crippen molar-refractivity contribution >= 4 is 23.9 Å². The van der Waals surface area contributed by atoms with Crippen molar-refractivity contribution in [2.45, 2.75) is 0 Å². The minimum Gasteiger partial charge on any atom is -0.481 e. The Morgan fingerprint density at radius 1 is 1.00 bits per heavy atom. The lowest BCUT2D eigenvalue weighted by molar-refractivity contribution is -0.170. The molecule has 0 saturated heterocycles. The molecule has 0 saturated carbocycles. The van der Waals surface area contributed by atoms with Gasteiger partial charge in [0.2, 0.25) is 5.41 Å². The first-order valence-electron chi connectivity index (χ1n) is 4.57. The van der Waals surface area contributed by atoms with Gasteiger partial charge in [-0.15, -0.1) is 0 Å². The summed E-state index contributed by atoms with van der Waals surface area (Å²) in [6.07, 6.45) is 2.43. The summed E-state index contributed by atoms with van der Waals surface area (Å²) in [5.41, 5.74) is -3.62. The highest BCUT2D eigenvalue weighted by Gasteiger charge is 2.58. The molecule has 0 aromatic heterocycles. The second kappa shape index (κ2) is 4.32. The highest BCUT2D eigenvalue weighted by Crippen LogP contribution is 2.39. The van der Waals surface area contributed by atoms with Gasteiger partial charge in [0, 0.05) is 0 Å². The molecular weight excluding hydrogens is 248 g/mol. The molecule has 8 nitrogen and oxygen atoms in total. The summed E-state index contributed by atoms with van der Waals surface area (Å²) in [5.74, 6) is -9.59. The van der Waals surface area contributed by atoms with E-state index in [1.807, 2.05) is 0 Å². The zero-order valence-corrected chi connectivity index (χ0v) is 8.73. The number of hydrogen-bond acceptors (Lipinski definition) is 4. The number of carbonyl (C=O) groups is 4. The minimum absolute atomic E-state index is 0.656. The lowest BCUT2D eigenvalue weighted by Gasteiger charge is -2.30. The Kier molecular flexibility index (Phi) is 3.22. The zero-order valence-electron chi connectivity index (χ0n) is 8.73. The summed E-state index contributed by atoms with van der Waals surface area (Å²) in [6.45, 7) is 0. The lowest BCUT2D eigenvalue weighted by atomic mass is 9.69. The third kappa shape index (κ3) is 1.73. The highest BCUT2D eigenvalue weighted by molar-refractivity contribution is 6.09. The Hall–Kier alpha value is -2.64. The van der Waals surface area contributed by atoms with Crippen LogP contribution in [-0.2, 0) is 19.2 Å². The molecule has 8 heteroatoms. The maximum absolute atomic E-state index is 11.1. The van der Waals surface area contributed by atoms with E-state index in [4.69, 9.17) is 20.4 Å². The minimum atomic E-state index is -2.83. The second-order valence-electron chi connectivity index (χ2n) is 3.54. The number of carboxylic acids is 4. The van der Waals surface area contributed by atoms with Crippen LogP contribution >= 0.6 is 0 Å². The number of hydrogen-bond donors (Lipinski definition) is 4. The molecule has 0 aromatic carbocycles. The number of aliphatic carboxylic acids is 4. The summed E-state index contributed by atoms with van der Waals surface area (Å²) in [5, 5.41) is 35.7. The molecule has 0 spiro atoms. The molecule has 4 N–H and O–H groups in total. The molecule has 0 aliphatic heterocycles. The van der Waals surface area contributed by atoms with Crippen molar-refractivity contribution in [3.63, 3.8) is 0 Å². The van der Waals surface area contributed by atoms with Crippen LogP contribution in [0.3, 0.4) is 0 Å². The van der Waals surface area contributed by atoms with E-state index in [0.29, 0.717) is 6.08 Å². The predicted molar refractivity (Wildman–Crippen MR) is 53.7 cm³/mol. The molecule has 0 bridgehead atoms. The Labute approximate surface area is 99.5 Å². The summed E-state index contributed by atoms with van der Waals surface area (Å²) in [7, 11) is 0. The van der Waals surface area contributed by atoms with Gasteiger partial charge in [0.05, 0.1) is 5.57 Å². The van der Waals surface area contributed by atoms with Gasteiger partial charge in [0.25, 0.3) is 0 Å². The molecule has 0 radical (unpaired) electrons. The maximum Gasteiger partial charge on any atom is 0.332 e. The standard InChI is InChI=1S/C10H8O8/c11-6(12)4-2-1-3-10(8(15)16,9(17)18)5(4)7(13)14/h1-3,5H,(H,11,12)(H,13,14)(H,15,16)(H,17,18). The molecule has 0 heterocycles. The average Bonchev–Trinajstić information content (AvgIpc) is 2.26. The third-order valence-electron chi connectivity index (χ3n) is 2.60. The van der Waals surface area contributed by atoms with Crippen LogP contribution in [0.1, 0.15) is 0 Å². The van der Waals surface area contributed by atoms with Gasteiger partial charge >= 0.3 is 23.9 Å². The molecule has 1 unspecified atom stereocenters. The molecule has 0 aromatic rings. The van der Waals surface area contributed by atoms with Crippen LogP contribution in [0.5, 0.6) is 0 Å². The predicted octanol–water partition coefficient (Wildman–Crippen LogP) is -0.576. The Morgan fingerprint density at radius 2 is 1.50 bits per heavy atom. The average molecular weight is 256 g/mol. The number of allylic oxidation sites excluding steroid dienone is 2. The number of carboxylic acid groups (broad SMARTS) is 4. The Bertz CT molecular complexity index is 484. The second-order valence-corrected chi connectivity index (χ2v) is 3.54. The van der Waals surface area contributed by atoms with Gasteiger partial charge in [-0.2, -0.15) is 0 Å². The zero-order chi connectivity index (χ0) is 14.1. The van der Waals surface area contributed by atoms with Gasteiger partial charge in [-0.05, 0) is 0 Å². The van der Waals surface area contributed by atoms with Crippen LogP contribution in [-0.4, -0.2) is 44.3 Å². The van der Waals surface area contributed by atoms with E-state index in [1.54, 1.807) is 0 Å². The van der Waals surface area contributed by atoms with E-state index in [2.05, 4.69) is 0 Å². The van der Waals surface area contributed by atoms with Crippen molar-refractivity contribution in [2.75, 3.05) is 0 Å². The first-order chi connectivity index (χ1) is 8.25. The quantitative estimate of drug-likeness (QED) is 0.488. The van der Waals surface area contributed by atoms with Gasteiger partial charge < -0.3 is 20.4 Å². The normalized spacial score (nSPS) is 20.9. The first-order valence-corrected chi connectivity index (χ1v) is 4.57. The molecule has 1 aliphatic carbocycles. The van der Waals surface area contributed by atoms with Gasteiger partial charge in [0.1, 0.15) is 5.92 Å². The Morgan fingerprint density at radius 3 is 1.83 bits per heavy atom. The molecular formula is C10H8O8. The van der Waals surface area contributed by atoms with Gasteiger partial charge in [-0.25, -0.2) is 4.79 Å². The topological polar surface area (TPSA) is 149 Å². The highest BCUT2D eigenvalue weighted by atomic mass is 16.4. The summed E-state index contributed by atoms with van der Waals surface area (Å²) in [6, 6.07) is 0. The van der Waals surface area contributed by atoms with E-state index in [-0.39, 0.29) is 0 Å². The van der Waals surface area contributed by atoms with Crippen LogP contribution in [0.2, 0.25) is 0 Å². The summed E-state index contributed by atoms with van der Waals surface area (Å²) in [4.78, 5) is 44.1. The van der Waals surface area contributed by atoms with E-state index in [1.165, 1.54) is 0 Å². The lowest BCUT2D eigenvalue weighted by Crippen LogP contribution is -2.50. The summed E-state index contributed by atoms with van der Waals surface area (Å²) >= 11 is 0. The van der Waals surface area contributed by atoms with Crippen LogP contribution in [0, 0.1) is 11.3 Å². The summed E-state index contributed by atoms with van der Waals surface area (Å²) < 4.78 is 0. The van der Waals surface area contributed by atoms with Crippen LogP contribution in [0.25, 0.3) is 0 Å². The van der Waals surface area contributed by atoms with Crippen molar-refractivity contribution in [1.29, 1.82) is 0 Å². The van der Waals surface area contributed by atoms with Crippen molar-refractivity contribution < 1.29 is 39.6 Å². The molecule has 18 heavy (non-hydrogen) atoms. The fraction of sp³-hybridized carbons (Fsp3) is 0.200. The maximum atomic E-state index is 11.1. The van der Waals surface area contributed by atoms with Crippen LogP contribution in [0.4, 0.5) is 0 Å². The van der Waals surface area contributed by atoms with Crippen molar-refractivity contribution in [2.24, 2.45) is 11.3 Å². The van der Waals surface area contributed by atoms with Gasteiger partial charge in [0.15, 0.2) is 0 Å².